The number of carbonyl (C=O) groups excluding carboxylic acids is 1. The van der Waals surface area contributed by atoms with Gasteiger partial charge in [0.25, 0.3) is 0 Å². The largest absolute Gasteiger partial charge is 0.357 e. The molecule has 6 heavy (non-hydrogen) atoms. The van der Waals surface area contributed by atoms with Gasteiger partial charge in [0.15, 0.2) is 0 Å². The first-order valence-electron chi connectivity index (χ1n) is 1.32. The quantitative estimate of drug-likeness (QED) is 0.442. The van der Waals surface area contributed by atoms with Crippen LogP contribution in [0.25, 0.3) is 0 Å². The van der Waals surface area contributed by atoms with E-state index >= 15 is 0 Å². The van der Waals surface area contributed by atoms with Crippen LogP contribution in [0.5, 0.6) is 0 Å². The average Bonchev–Trinajstić information content (AvgIpc) is 1.35. The van der Waals surface area contributed by atoms with Gasteiger partial charge in [-0.25, -0.2) is 16.0 Å². The summed E-state index contributed by atoms with van der Waals surface area (Å²) in [6.45, 7) is 0. The fourth-order valence-electron chi connectivity index (χ4n) is 0.0927. The minimum Gasteiger partial charge on any atom is -0.275 e. The fourth-order valence-corrected chi connectivity index (χ4v) is 0.0927. The summed E-state index contributed by atoms with van der Waals surface area (Å²) in [4.78, 5) is 13.5. The monoisotopic (exact) mass is 89.0 g/mol. The van der Waals surface area contributed by atoms with Gasteiger partial charge in [0.1, 0.15) is 0 Å². The number of rotatable bonds is 1. The maximum Gasteiger partial charge on any atom is 0.357 e. The van der Waals surface area contributed by atoms with Gasteiger partial charge in [0.05, 0.1) is 7.11 Å². The standard InChI is InChI=1S/C2H5N2O2/c1-6-4-2(3)5/h3H,1H3,(H,4,5). The molecule has 0 aliphatic rings. The van der Waals surface area contributed by atoms with Crippen LogP contribution >= 0.6 is 0 Å². The van der Waals surface area contributed by atoms with E-state index in [1.165, 1.54) is 7.11 Å². The van der Waals surface area contributed by atoms with Gasteiger partial charge in [0, 0.05) is 0 Å². The molecule has 0 saturated carbocycles. The molecule has 0 heterocycles. The number of hydrogen-bond acceptors (Lipinski definition) is 2. The van der Waals surface area contributed by atoms with Gasteiger partial charge in [-0.15, -0.1) is 0 Å². The first kappa shape index (κ1) is 5.23. The molecule has 35 valence electrons. The Morgan fingerprint density at radius 1 is 2.00 bits per heavy atom. The van der Waals surface area contributed by atoms with Crippen LogP contribution in [0.15, 0.2) is 0 Å². The normalized spacial score (nSPS) is 7.50. The van der Waals surface area contributed by atoms with E-state index in [4.69, 9.17) is 5.73 Å². The van der Waals surface area contributed by atoms with Gasteiger partial charge < -0.3 is 0 Å². The number of nitrogens with one attached hydrogen (secondary N) is 2. The van der Waals surface area contributed by atoms with Crippen LogP contribution in [0.3, 0.4) is 0 Å². The number of hydrogen-bond donors (Lipinski definition) is 1. The molecule has 0 spiro atoms. The van der Waals surface area contributed by atoms with Crippen molar-refractivity contribution in [3.8, 4) is 0 Å². The Morgan fingerprint density at radius 3 is 2.50 bits per heavy atom. The Bertz CT molecular complexity index is 53.5. The molecule has 2 amide bonds. The van der Waals surface area contributed by atoms with Crippen LogP contribution in [0, 0.1) is 0 Å². The predicted octanol–water partition coefficient (Wildman–Crippen LogP) is -0.460. The second-order valence-electron chi connectivity index (χ2n) is 0.635. The zero-order valence-electron chi connectivity index (χ0n) is 3.32. The zero-order valence-corrected chi connectivity index (χ0v) is 3.32. The predicted molar refractivity (Wildman–Crippen MR) is 18.6 cm³/mol. The van der Waals surface area contributed by atoms with Crippen molar-refractivity contribution in [2.45, 2.75) is 0 Å². The van der Waals surface area contributed by atoms with Crippen LogP contribution in [0.1, 0.15) is 0 Å². The smallest absolute Gasteiger partial charge is 0.275 e. The summed E-state index contributed by atoms with van der Waals surface area (Å²) in [5.74, 6) is 0. The van der Waals surface area contributed by atoms with Crippen molar-refractivity contribution in [3.63, 3.8) is 0 Å². The van der Waals surface area contributed by atoms with E-state index in [9.17, 15) is 4.79 Å². The molecule has 0 atom stereocenters. The average molecular weight is 89.1 g/mol. The van der Waals surface area contributed by atoms with Crippen molar-refractivity contribution in [1.29, 1.82) is 0 Å². The summed E-state index contributed by atoms with van der Waals surface area (Å²) in [6.07, 6.45) is 0. The lowest BCUT2D eigenvalue weighted by Gasteiger charge is -1.88. The molecule has 0 bridgehead atoms. The highest BCUT2D eigenvalue weighted by molar-refractivity contribution is 5.69. The minimum atomic E-state index is -0.933. The number of amides is 2. The van der Waals surface area contributed by atoms with E-state index in [1.54, 1.807) is 5.48 Å². The summed E-state index contributed by atoms with van der Waals surface area (Å²) < 4.78 is 0. The van der Waals surface area contributed by atoms with Gasteiger partial charge in [-0.1, -0.05) is 0 Å². The molecule has 0 unspecified atom stereocenters. The van der Waals surface area contributed by atoms with Crippen molar-refractivity contribution in [1.82, 2.24) is 11.2 Å². The fraction of sp³-hybridized carbons (Fsp3) is 0.500. The van der Waals surface area contributed by atoms with Crippen LogP contribution in [-0.4, -0.2) is 13.1 Å². The summed E-state index contributed by atoms with van der Waals surface area (Å²) in [5.41, 5.74) is 7.84. The molecule has 0 aromatic heterocycles. The summed E-state index contributed by atoms with van der Waals surface area (Å²) in [5, 5.41) is 0. The van der Waals surface area contributed by atoms with Crippen LogP contribution < -0.4 is 11.2 Å². The summed E-state index contributed by atoms with van der Waals surface area (Å²) in [7, 11) is 1.27. The van der Waals surface area contributed by atoms with E-state index in [0.717, 1.165) is 0 Å². The third-order valence-electron chi connectivity index (χ3n) is 0.195. The molecule has 4 nitrogen and oxygen atoms in total. The van der Waals surface area contributed by atoms with Crippen molar-refractivity contribution in [2.24, 2.45) is 0 Å². The Kier molecular flexibility index (Phi) is 2.15. The lowest BCUT2D eigenvalue weighted by Crippen LogP contribution is -2.19. The molecule has 0 fully saturated rings. The SMILES string of the molecule is CONC([NH])=O. The molecule has 0 aliphatic heterocycles. The second kappa shape index (κ2) is 2.47. The molecule has 0 aromatic carbocycles. The zero-order chi connectivity index (χ0) is 4.99. The maximum atomic E-state index is 9.47. The van der Waals surface area contributed by atoms with Crippen LogP contribution in [0.2, 0.25) is 0 Å². The van der Waals surface area contributed by atoms with Crippen molar-refractivity contribution < 1.29 is 9.63 Å². The van der Waals surface area contributed by atoms with Gasteiger partial charge in [-0.3, -0.25) is 4.84 Å². The number of hydroxylamine groups is 1. The van der Waals surface area contributed by atoms with E-state index in [2.05, 4.69) is 4.84 Å². The van der Waals surface area contributed by atoms with Crippen molar-refractivity contribution in [3.05, 3.63) is 0 Å². The van der Waals surface area contributed by atoms with Gasteiger partial charge in [0.2, 0.25) is 0 Å². The Hall–Kier alpha value is -0.770. The van der Waals surface area contributed by atoms with Crippen LogP contribution in [0.4, 0.5) is 4.79 Å². The Balaban J connectivity index is 2.83. The molecule has 0 aromatic rings. The molecular formula is C2H5N2O2. The van der Waals surface area contributed by atoms with Gasteiger partial charge in [-0.05, 0) is 0 Å². The van der Waals surface area contributed by atoms with E-state index in [-0.39, 0.29) is 0 Å². The highest BCUT2D eigenvalue weighted by Gasteiger charge is 1.82. The summed E-state index contributed by atoms with van der Waals surface area (Å²) in [6, 6.07) is -0.933. The first-order valence-corrected chi connectivity index (χ1v) is 1.32. The van der Waals surface area contributed by atoms with E-state index < -0.39 is 6.03 Å². The van der Waals surface area contributed by atoms with E-state index in [0.29, 0.717) is 0 Å². The molecule has 1 radical (unpaired) electrons. The Labute approximate surface area is 35.2 Å². The van der Waals surface area contributed by atoms with E-state index in [1.807, 2.05) is 0 Å². The van der Waals surface area contributed by atoms with Crippen molar-refractivity contribution >= 4 is 6.03 Å². The highest BCUT2D eigenvalue weighted by atomic mass is 16.6. The summed E-state index contributed by atoms with van der Waals surface area (Å²) >= 11 is 0. The molecule has 0 aliphatic carbocycles. The molecule has 0 saturated heterocycles. The number of carbonyl (C=O) groups is 1. The molecule has 2 N–H and O–H groups in total. The molecular weight excluding hydrogens is 84.0 g/mol. The topological polar surface area (TPSA) is 62.1 Å². The number of urea groups is 1. The van der Waals surface area contributed by atoms with Gasteiger partial charge >= 0.3 is 6.03 Å². The second-order valence-corrected chi connectivity index (χ2v) is 0.635. The Morgan fingerprint density at radius 2 is 2.50 bits per heavy atom. The lowest BCUT2D eigenvalue weighted by atomic mass is 11.2. The van der Waals surface area contributed by atoms with Gasteiger partial charge in [-0.2, -0.15) is 0 Å². The van der Waals surface area contributed by atoms with Crippen LogP contribution in [-0.2, 0) is 4.84 Å². The third-order valence-corrected chi connectivity index (χ3v) is 0.195. The lowest BCUT2D eigenvalue weighted by molar-refractivity contribution is 0.111. The molecule has 0 rings (SSSR count). The molecule has 4 heteroatoms. The highest BCUT2D eigenvalue weighted by Crippen LogP contribution is 1.52. The third kappa shape index (κ3) is 3.23. The van der Waals surface area contributed by atoms with Crippen molar-refractivity contribution in [2.75, 3.05) is 7.11 Å². The first-order chi connectivity index (χ1) is 2.77. The maximum absolute atomic E-state index is 9.47. The minimum absolute atomic E-state index is 0.933.